The standard InChI is InChI=1S/C14H20N2O2.ClH/c1-16(13(17)14(15)8-5-9-14)10-11-6-3-4-7-12(11)18-2;/h3-4,6-7H,5,8-10,15H2,1-2H3;1H. The van der Waals surface area contributed by atoms with Crippen LogP contribution >= 0.6 is 12.4 Å². The fourth-order valence-corrected chi connectivity index (χ4v) is 2.31. The van der Waals surface area contributed by atoms with Crippen molar-refractivity contribution in [1.29, 1.82) is 0 Å². The third-order valence-electron chi connectivity index (χ3n) is 3.62. The first-order valence-electron chi connectivity index (χ1n) is 6.23. The van der Waals surface area contributed by atoms with Gasteiger partial charge in [0.2, 0.25) is 5.91 Å². The van der Waals surface area contributed by atoms with E-state index in [0.29, 0.717) is 6.54 Å². The molecular weight excluding hydrogens is 264 g/mol. The maximum absolute atomic E-state index is 12.2. The van der Waals surface area contributed by atoms with Gasteiger partial charge in [-0.3, -0.25) is 4.79 Å². The molecule has 4 nitrogen and oxygen atoms in total. The highest BCUT2D eigenvalue weighted by atomic mass is 35.5. The van der Waals surface area contributed by atoms with E-state index in [1.54, 1.807) is 19.1 Å². The molecule has 2 N–H and O–H groups in total. The van der Waals surface area contributed by atoms with Gasteiger partial charge in [0.25, 0.3) is 0 Å². The maximum Gasteiger partial charge on any atom is 0.242 e. The van der Waals surface area contributed by atoms with Crippen LogP contribution in [0, 0.1) is 0 Å². The molecule has 0 bridgehead atoms. The van der Waals surface area contributed by atoms with Gasteiger partial charge in [-0.15, -0.1) is 12.4 Å². The number of likely N-dealkylation sites (N-methyl/N-ethyl adjacent to an activating group) is 1. The van der Waals surface area contributed by atoms with E-state index in [1.165, 1.54) is 0 Å². The van der Waals surface area contributed by atoms with Gasteiger partial charge in [-0.2, -0.15) is 0 Å². The molecule has 19 heavy (non-hydrogen) atoms. The lowest BCUT2D eigenvalue weighted by Crippen LogP contribution is -2.58. The van der Waals surface area contributed by atoms with E-state index in [4.69, 9.17) is 10.5 Å². The van der Waals surface area contributed by atoms with E-state index in [9.17, 15) is 4.79 Å². The van der Waals surface area contributed by atoms with Gasteiger partial charge in [0.05, 0.1) is 12.6 Å². The number of amides is 1. The van der Waals surface area contributed by atoms with Crippen LogP contribution in [-0.4, -0.2) is 30.5 Å². The Morgan fingerprint density at radius 3 is 2.58 bits per heavy atom. The number of ether oxygens (including phenoxy) is 1. The van der Waals surface area contributed by atoms with E-state index in [2.05, 4.69) is 0 Å². The molecular formula is C14H21ClN2O2. The Bertz CT molecular complexity index is 447. The molecule has 0 heterocycles. The molecule has 0 spiro atoms. The second kappa shape index (κ2) is 6.26. The summed E-state index contributed by atoms with van der Waals surface area (Å²) in [5.74, 6) is 0.830. The fraction of sp³-hybridized carbons (Fsp3) is 0.500. The zero-order valence-corrected chi connectivity index (χ0v) is 12.2. The molecule has 1 fully saturated rings. The highest BCUT2D eigenvalue weighted by Crippen LogP contribution is 2.31. The summed E-state index contributed by atoms with van der Waals surface area (Å²) in [5.41, 5.74) is 6.42. The molecule has 106 valence electrons. The largest absolute Gasteiger partial charge is 0.496 e. The Balaban J connectivity index is 0.00000180. The number of methoxy groups -OCH3 is 1. The number of halogens is 1. The van der Waals surface area contributed by atoms with Crippen LogP contribution < -0.4 is 10.5 Å². The number of carbonyl (C=O) groups is 1. The predicted octanol–water partition coefficient (Wildman–Crippen LogP) is 1.96. The summed E-state index contributed by atoms with van der Waals surface area (Å²) in [6, 6.07) is 7.72. The first kappa shape index (κ1) is 15.8. The highest BCUT2D eigenvalue weighted by molar-refractivity contribution is 5.87. The lowest BCUT2D eigenvalue weighted by Gasteiger charge is -2.39. The van der Waals surface area contributed by atoms with Crippen molar-refractivity contribution in [3.8, 4) is 5.75 Å². The Kier molecular flexibility index (Phi) is 5.20. The van der Waals surface area contributed by atoms with Gasteiger partial charge in [0.1, 0.15) is 5.75 Å². The van der Waals surface area contributed by atoms with Gasteiger partial charge >= 0.3 is 0 Å². The number of para-hydroxylation sites is 1. The first-order valence-corrected chi connectivity index (χ1v) is 6.23. The Labute approximate surface area is 120 Å². The van der Waals surface area contributed by atoms with Gasteiger partial charge in [-0.05, 0) is 25.3 Å². The normalized spacial score (nSPS) is 15.9. The smallest absolute Gasteiger partial charge is 0.242 e. The van der Waals surface area contributed by atoms with Gasteiger partial charge in [0, 0.05) is 19.2 Å². The van der Waals surface area contributed by atoms with E-state index in [1.807, 2.05) is 24.3 Å². The number of carbonyl (C=O) groups excluding carboxylic acids is 1. The molecule has 0 unspecified atom stereocenters. The van der Waals surface area contributed by atoms with Crippen molar-refractivity contribution in [2.24, 2.45) is 5.73 Å². The predicted molar refractivity (Wildman–Crippen MR) is 77.5 cm³/mol. The molecule has 0 saturated heterocycles. The molecule has 2 rings (SSSR count). The topological polar surface area (TPSA) is 55.6 Å². The zero-order chi connectivity index (χ0) is 13.2. The van der Waals surface area contributed by atoms with Crippen molar-refractivity contribution in [3.63, 3.8) is 0 Å². The van der Waals surface area contributed by atoms with E-state index < -0.39 is 5.54 Å². The summed E-state index contributed by atoms with van der Waals surface area (Å²) in [7, 11) is 3.43. The van der Waals surface area contributed by atoms with E-state index in [0.717, 1.165) is 30.6 Å². The monoisotopic (exact) mass is 284 g/mol. The van der Waals surface area contributed by atoms with Gasteiger partial charge in [-0.25, -0.2) is 0 Å². The van der Waals surface area contributed by atoms with E-state index >= 15 is 0 Å². The first-order chi connectivity index (χ1) is 8.57. The highest BCUT2D eigenvalue weighted by Gasteiger charge is 2.41. The molecule has 1 amide bonds. The average Bonchev–Trinajstić information content (AvgIpc) is 2.35. The minimum atomic E-state index is -0.628. The second-order valence-electron chi connectivity index (χ2n) is 4.98. The molecule has 0 aliphatic heterocycles. The van der Waals surface area contributed by atoms with Crippen molar-refractivity contribution in [2.45, 2.75) is 31.3 Å². The number of rotatable bonds is 4. The van der Waals surface area contributed by atoms with E-state index in [-0.39, 0.29) is 18.3 Å². The van der Waals surface area contributed by atoms with Crippen LogP contribution in [0.15, 0.2) is 24.3 Å². The maximum atomic E-state index is 12.2. The van der Waals surface area contributed by atoms with Crippen LogP contribution in [0.5, 0.6) is 5.75 Å². The second-order valence-corrected chi connectivity index (χ2v) is 4.98. The minimum absolute atomic E-state index is 0. The molecule has 1 aliphatic carbocycles. The molecule has 1 aromatic carbocycles. The summed E-state index contributed by atoms with van der Waals surface area (Å²) in [4.78, 5) is 13.9. The van der Waals surface area contributed by atoms with Crippen molar-refractivity contribution < 1.29 is 9.53 Å². The minimum Gasteiger partial charge on any atom is -0.496 e. The molecule has 1 aliphatic rings. The quantitative estimate of drug-likeness (QED) is 0.919. The molecule has 1 aromatic rings. The molecule has 1 saturated carbocycles. The number of hydrogen-bond donors (Lipinski definition) is 1. The molecule has 0 atom stereocenters. The lowest BCUT2D eigenvalue weighted by atomic mass is 9.76. The Hall–Kier alpha value is -1.26. The molecule has 0 radical (unpaired) electrons. The van der Waals surface area contributed by atoms with Crippen LogP contribution in [-0.2, 0) is 11.3 Å². The van der Waals surface area contributed by atoms with Gasteiger partial charge in [-0.1, -0.05) is 18.2 Å². The summed E-state index contributed by atoms with van der Waals surface area (Å²) >= 11 is 0. The summed E-state index contributed by atoms with van der Waals surface area (Å²) in [5, 5.41) is 0. The van der Waals surface area contributed by atoms with Crippen LogP contribution in [0.1, 0.15) is 24.8 Å². The lowest BCUT2D eigenvalue weighted by molar-refractivity contribution is -0.139. The van der Waals surface area contributed by atoms with Crippen LogP contribution in [0.25, 0.3) is 0 Å². The Morgan fingerprint density at radius 2 is 2.05 bits per heavy atom. The number of hydrogen-bond acceptors (Lipinski definition) is 3. The van der Waals surface area contributed by atoms with Crippen molar-refractivity contribution in [3.05, 3.63) is 29.8 Å². The van der Waals surface area contributed by atoms with Crippen molar-refractivity contribution in [1.82, 2.24) is 4.90 Å². The van der Waals surface area contributed by atoms with Crippen LogP contribution in [0.3, 0.4) is 0 Å². The SMILES string of the molecule is COc1ccccc1CN(C)C(=O)C1(N)CCC1.Cl. The van der Waals surface area contributed by atoms with Crippen LogP contribution in [0.2, 0.25) is 0 Å². The summed E-state index contributed by atoms with van der Waals surface area (Å²) < 4.78 is 5.28. The molecule has 0 aromatic heterocycles. The molecule has 5 heteroatoms. The number of nitrogens with zero attached hydrogens (tertiary/aromatic N) is 1. The summed E-state index contributed by atoms with van der Waals surface area (Å²) in [6.45, 7) is 0.530. The number of benzene rings is 1. The Morgan fingerprint density at radius 1 is 1.42 bits per heavy atom. The van der Waals surface area contributed by atoms with Gasteiger partial charge in [0.15, 0.2) is 0 Å². The number of nitrogens with two attached hydrogens (primary N) is 1. The third kappa shape index (κ3) is 3.19. The average molecular weight is 285 g/mol. The van der Waals surface area contributed by atoms with Crippen LogP contribution in [0.4, 0.5) is 0 Å². The fourth-order valence-electron chi connectivity index (χ4n) is 2.31. The summed E-state index contributed by atoms with van der Waals surface area (Å²) in [6.07, 6.45) is 2.63. The zero-order valence-electron chi connectivity index (χ0n) is 11.4. The third-order valence-corrected chi connectivity index (χ3v) is 3.62. The van der Waals surface area contributed by atoms with Gasteiger partial charge < -0.3 is 15.4 Å². The van der Waals surface area contributed by atoms with Crippen molar-refractivity contribution >= 4 is 18.3 Å². The van der Waals surface area contributed by atoms with Crippen molar-refractivity contribution in [2.75, 3.05) is 14.2 Å².